The van der Waals surface area contributed by atoms with Gasteiger partial charge in [-0.2, -0.15) is 0 Å². The van der Waals surface area contributed by atoms with Gasteiger partial charge in [-0.1, -0.05) is 12.8 Å². The molecule has 0 aromatic heterocycles. The minimum Gasteiger partial charge on any atom is -0.480 e. The third-order valence-corrected chi connectivity index (χ3v) is 5.34. The second kappa shape index (κ2) is 7.10. The molecule has 21 heavy (non-hydrogen) atoms. The monoisotopic (exact) mass is 296 g/mol. The fourth-order valence-corrected chi connectivity index (χ4v) is 4.25. The van der Waals surface area contributed by atoms with Crippen molar-refractivity contribution in [2.75, 3.05) is 13.1 Å². The van der Waals surface area contributed by atoms with Crippen LogP contribution in [-0.2, 0) is 4.79 Å². The number of likely N-dealkylation sites (tertiary alicyclic amines) is 1. The van der Waals surface area contributed by atoms with Crippen molar-refractivity contribution in [3.05, 3.63) is 0 Å². The predicted octanol–water partition coefficient (Wildman–Crippen LogP) is 2.87. The van der Waals surface area contributed by atoms with Crippen molar-refractivity contribution in [3.63, 3.8) is 0 Å². The molecule has 2 N–H and O–H groups in total. The van der Waals surface area contributed by atoms with Crippen LogP contribution in [0.15, 0.2) is 0 Å². The first-order valence-corrected chi connectivity index (χ1v) is 8.67. The van der Waals surface area contributed by atoms with Crippen LogP contribution in [0.3, 0.4) is 0 Å². The standard InChI is InChI=1S/C17H32N2O2/c1-13(2)18-17(3,16(20)21)10-12-19-11-6-9-15(19)14-7-4-5-8-14/h13-15,18H,4-12H2,1-3H3,(H,20,21). The summed E-state index contributed by atoms with van der Waals surface area (Å²) in [5, 5.41) is 12.8. The van der Waals surface area contributed by atoms with Crippen molar-refractivity contribution >= 4 is 5.97 Å². The summed E-state index contributed by atoms with van der Waals surface area (Å²) in [4.78, 5) is 14.2. The van der Waals surface area contributed by atoms with Gasteiger partial charge in [0.2, 0.25) is 0 Å². The zero-order valence-corrected chi connectivity index (χ0v) is 13.9. The summed E-state index contributed by atoms with van der Waals surface area (Å²) in [5.74, 6) is 0.134. The van der Waals surface area contributed by atoms with Crippen LogP contribution in [0, 0.1) is 5.92 Å². The largest absolute Gasteiger partial charge is 0.480 e. The Morgan fingerprint density at radius 3 is 2.52 bits per heavy atom. The molecule has 2 fully saturated rings. The van der Waals surface area contributed by atoms with Crippen LogP contribution in [0.2, 0.25) is 0 Å². The smallest absolute Gasteiger partial charge is 0.323 e. The summed E-state index contributed by atoms with van der Waals surface area (Å²) in [5.41, 5.74) is -0.809. The van der Waals surface area contributed by atoms with Gasteiger partial charge in [-0.3, -0.25) is 10.1 Å². The summed E-state index contributed by atoms with van der Waals surface area (Å²) in [6, 6.07) is 0.903. The van der Waals surface area contributed by atoms with E-state index < -0.39 is 11.5 Å². The molecule has 2 atom stereocenters. The Bertz CT molecular complexity index is 353. The van der Waals surface area contributed by atoms with Gasteiger partial charge in [-0.05, 0) is 65.3 Å². The minimum absolute atomic E-state index is 0.190. The van der Waals surface area contributed by atoms with Crippen LogP contribution in [0.1, 0.15) is 65.7 Å². The lowest BCUT2D eigenvalue weighted by atomic mass is 9.93. The van der Waals surface area contributed by atoms with E-state index in [4.69, 9.17) is 0 Å². The molecule has 0 bridgehead atoms. The molecule has 0 aromatic rings. The van der Waals surface area contributed by atoms with E-state index in [2.05, 4.69) is 10.2 Å². The number of hydrogen-bond donors (Lipinski definition) is 2. The maximum Gasteiger partial charge on any atom is 0.323 e. The SMILES string of the molecule is CC(C)NC(C)(CCN1CCCC1C1CCCC1)C(=O)O. The molecule has 0 aromatic carbocycles. The Kier molecular flexibility index (Phi) is 5.67. The zero-order valence-electron chi connectivity index (χ0n) is 13.9. The van der Waals surface area contributed by atoms with E-state index in [1.165, 1.54) is 38.5 Å². The van der Waals surface area contributed by atoms with E-state index in [1.54, 1.807) is 0 Å². The molecular formula is C17H32N2O2. The summed E-state index contributed by atoms with van der Waals surface area (Å²) in [6.45, 7) is 7.91. The van der Waals surface area contributed by atoms with Crippen LogP contribution < -0.4 is 5.32 Å². The molecule has 0 amide bonds. The highest BCUT2D eigenvalue weighted by Gasteiger charge is 2.37. The fourth-order valence-electron chi connectivity index (χ4n) is 4.25. The lowest BCUT2D eigenvalue weighted by molar-refractivity contribution is -0.145. The van der Waals surface area contributed by atoms with Crippen LogP contribution in [0.25, 0.3) is 0 Å². The summed E-state index contributed by atoms with van der Waals surface area (Å²) >= 11 is 0. The highest BCUT2D eigenvalue weighted by atomic mass is 16.4. The molecular weight excluding hydrogens is 264 g/mol. The lowest BCUT2D eigenvalue weighted by Crippen LogP contribution is -2.54. The van der Waals surface area contributed by atoms with Crippen molar-refractivity contribution in [1.82, 2.24) is 10.2 Å². The number of carbonyl (C=O) groups is 1. The van der Waals surface area contributed by atoms with Crippen LogP contribution in [0.4, 0.5) is 0 Å². The highest BCUT2D eigenvalue weighted by Crippen LogP contribution is 2.35. The molecule has 2 aliphatic rings. The highest BCUT2D eigenvalue weighted by molar-refractivity contribution is 5.78. The van der Waals surface area contributed by atoms with Gasteiger partial charge in [0, 0.05) is 18.6 Å². The van der Waals surface area contributed by atoms with Gasteiger partial charge in [-0.15, -0.1) is 0 Å². The number of carboxylic acids is 1. The summed E-state index contributed by atoms with van der Waals surface area (Å²) < 4.78 is 0. The number of nitrogens with one attached hydrogen (secondary N) is 1. The van der Waals surface area contributed by atoms with E-state index in [-0.39, 0.29) is 6.04 Å². The fraction of sp³-hybridized carbons (Fsp3) is 0.941. The van der Waals surface area contributed by atoms with Crippen molar-refractivity contribution in [2.24, 2.45) is 5.92 Å². The molecule has 1 saturated carbocycles. The molecule has 1 saturated heterocycles. The number of rotatable bonds is 7. The van der Waals surface area contributed by atoms with Crippen molar-refractivity contribution in [2.45, 2.75) is 83.3 Å². The van der Waals surface area contributed by atoms with Crippen LogP contribution in [-0.4, -0.2) is 46.7 Å². The van der Waals surface area contributed by atoms with E-state index in [9.17, 15) is 9.90 Å². The van der Waals surface area contributed by atoms with Crippen molar-refractivity contribution in [3.8, 4) is 0 Å². The maximum atomic E-state index is 11.6. The van der Waals surface area contributed by atoms with Crippen molar-refractivity contribution < 1.29 is 9.90 Å². The van der Waals surface area contributed by atoms with Gasteiger partial charge in [0.05, 0.1) is 0 Å². The third kappa shape index (κ3) is 4.19. The first-order chi connectivity index (χ1) is 9.92. The molecule has 2 rings (SSSR count). The van der Waals surface area contributed by atoms with Gasteiger partial charge < -0.3 is 10.0 Å². The number of carboxylic acid groups (broad SMARTS) is 1. The van der Waals surface area contributed by atoms with E-state index in [1.807, 2.05) is 20.8 Å². The Labute approximate surface area is 129 Å². The molecule has 1 aliphatic heterocycles. The Hall–Kier alpha value is -0.610. The molecule has 122 valence electrons. The second-order valence-electron chi connectivity index (χ2n) is 7.48. The minimum atomic E-state index is -0.809. The first kappa shape index (κ1) is 16.8. The van der Waals surface area contributed by atoms with E-state index in [0.29, 0.717) is 12.5 Å². The molecule has 4 heteroatoms. The molecule has 1 heterocycles. The zero-order chi connectivity index (χ0) is 15.5. The number of nitrogens with zero attached hydrogens (tertiary/aromatic N) is 1. The average Bonchev–Trinajstić information content (AvgIpc) is 3.06. The van der Waals surface area contributed by atoms with E-state index in [0.717, 1.165) is 19.0 Å². The van der Waals surface area contributed by atoms with Gasteiger partial charge in [0.25, 0.3) is 0 Å². The van der Waals surface area contributed by atoms with Gasteiger partial charge >= 0.3 is 5.97 Å². The first-order valence-electron chi connectivity index (χ1n) is 8.67. The maximum absolute atomic E-state index is 11.6. The Balaban J connectivity index is 1.91. The average molecular weight is 296 g/mol. The van der Waals surface area contributed by atoms with E-state index >= 15 is 0 Å². The Morgan fingerprint density at radius 2 is 1.95 bits per heavy atom. The van der Waals surface area contributed by atoms with Gasteiger partial charge in [0.15, 0.2) is 0 Å². The molecule has 2 unspecified atom stereocenters. The lowest BCUT2D eigenvalue weighted by Gasteiger charge is -2.34. The number of hydrogen-bond acceptors (Lipinski definition) is 3. The Morgan fingerprint density at radius 1 is 1.29 bits per heavy atom. The summed E-state index contributed by atoms with van der Waals surface area (Å²) in [6.07, 6.45) is 8.80. The number of aliphatic carboxylic acids is 1. The molecule has 0 radical (unpaired) electrons. The van der Waals surface area contributed by atoms with Gasteiger partial charge in [-0.25, -0.2) is 0 Å². The van der Waals surface area contributed by atoms with Crippen LogP contribution in [0.5, 0.6) is 0 Å². The molecule has 4 nitrogen and oxygen atoms in total. The molecule has 1 aliphatic carbocycles. The van der Waals surface area contributed by atoms with Gasteiger partial charge in [0.1, 0.15) is 5.54 Å². The molecule has 0 spiro atoms. The topological polar surface area (TPSA) is 52.6 Å². The third-order valence-electron chi connectivity index (χ3n) is 5.34. The van der Waals surface area contributed by atoms with Crippen LogP contribution >= 0.6 is 0 Å². The quantitative estimate of drug-likeness (QED) is 0.758. The normalized spacial score (nSPS) is 27.3. The van der Waals surface area contributed by atoms with Crippen molar-refractivity contribution in [1.29, 1.82) is 0 Å². The summed E-state index contributed by atoms with van der Waals surface area (Å²) in [7, 11) is 0. The predicted molar refractivity (Wildman–Crippen MR) is 85.5 cm³/mol. The second-order valence-corrected chi connectivity index (χ2v) is 7.48.